The van der Waals surface area contributed by atoms with Crippen LogP contribution in [0.25, 0.3) is 0 Å². The van der Waals surface area contributed by atoms with E-state index in [1.54, 1.807) is 18.3 Å². The second-order valence-electron chi connectivity index (χ2n) is 5.33. The predicted molar refractivity (Wildman–Crippen MR) is 92.6 cm³/mol. The second-order valence-corrected chi connectivity index (χ2v) is 5.33. The van der Waals surface area contributed by atoms with Crippen molar-refractivity contribution in [3.63, 3.8) is 0 Å². The van der Waals surface area contributed by atoms with Crippen LogP contribution in [0.3, 0.4) is 0 Å². The monoisotopic (exact) mass is 318 g/mol. The SMILES string of the molecule is O=C(NCc1ccnc(OCc2ccccc2)c1)c1ccccc1. The molecule has 0 aliphatic carbocycles. The van der Waals surface area contributed by atoms with Crippen LogP contribution in [0.4, 0.5) is 0 Å². The van der Waals surface area contributed by atoms with Crippen molar-refractivity contribution in [2.45, 2.75) is 13.2 Å². The molecular weight excluding hydrogens is 300 g/mol. The summed E-state index contributed by atoms with van der Waals surface area (Å²) in [6, 6.07) is 22.8. The standard InChI is InChI=1S/C20H18N2O2/c23-20(18-9-5-2-6-10-18)22-14-17-11-12-21-19(13-17)24-15-16-7-3-1-4-8-16/h1-13H,14-15H2,(H,22,23). The van der Waals surface area contributed by atoms with Crippen LogP contribution >= 0.6 is 0 Å². The van der Waals surface area contributed by atoms with Gasteiger partial charge in [0.2, 0.25) is 5.88 Å². The molecule has 1 N–H and O–H groups in total. The van der Waals surface area contributed by atoms with Crippen molar-refractivity contribution in [3.05, 3.63) is 95.7 Å². The molecule has 1 amide bonds. The van der Waals surface area contributed by atoms with E-state index in [4.69, 9.17) is 4.74 Å². The summed E-state index contributed by atoms with van der Waals surface area (Å²) in [6.07, 6.45) is 1.68. The van der Waals surface area contributed by atoms with E-state index in [1.165, 1.54) is 0 Å². The summed E-state index contributed by atoms with van der Waals surface area (Å²) < 4.78 is 5.70. The molecule has 0 aliphatic heterocycles. The van der Waals surface area contributed by atoms with Gasteiger partial charge in [0.1, 0.15) is 6.61 Å². The third kappa shape index (κ3) is 4.43. The van der Waals surface area contributed by atoms with E-state index in [2.05, 4.69) is 10.3 Å². The molecule has 3 rings (SSSR count). The van der Waals surface area contributed by atoms with Gasteiger partial charge in [-0.25, -0.2) is 4.98 Å². The van der Waals surface area contributed by atoms with Crippen LogP contribution in [-0.2, 0) is 13.2 Å². The van der Waals surface area contributed by atoms with Gasteiger partial charge in [0.05, 0.1) is 0 Å². The fraction of sp³-hybridized carbons (Fsp3) is 0.100. The molecule has 0 saturated carbocycles. The minimum absolute atomic E-state index is 0.0980. The van der Waals surface area contributed by atoms with Gasteiger partial charge in [-0.15, -0.1) is 0 Å². The lowest BCUT2D eigenvalue weighted by Gasteiger charge is -2.08. The molecule has 0 saturated heterocycles. The molecule has 3 aromatic rings. The summed E-state index contributed by atoms with van der Waals surface area (Å²) in [6.45, 7) is 0.894. The maximum Gasteiger partial charge on any atom is 0.251 e. The quantitative estimate of drug-likeness (QED) is 0.755. The number of rotatable bonds is 6. The van der Waals surface area contributed by atoms with Gasteiger partial charge in [-0.1, -0.05) is 48.5 Å². The molecule has 0 radical (unpaired) electrons. The zero-order chi connectivity index (χ0) is 16.6. The minimum Gasteiger partial charge on any atom is -0.473 e. The molecule has 4 heteroatoms. The topological polar surface area (TPSA) is 51.2 Å². The number of nitrogens with zero attached hydrogens (tertiary/aromatic N) is 1. The highest BCUT2D eigenvalue weighted by Crippen LogP contribution is 2.12. The maximum absolute atomic E-state index is 12.1. The van der Waals surface area contributed by atoms with E-state index < -0.39 is 0 Å². The Bertz CT molecular complexity index is 789. The summed E-state index contributed by atoms with van der Waals surface area (Å²) >= 11 is 0. The Morgan fingerprint density at radius 2 is 1.62 bits per heavy atom. The first-order chi connectivity index (χ1) is 11.8. The van der Waals surface area contributed by atoms with Crippen LogP contribution in [0.1, 0.15) is 21.5 Å². The van der Waals surface area contributed by atoms with E-state index in [9.17, 15) is 4.79 Å². The average molecular weight is 318 g/mol. The van der Waals surface area contributed by atoms with Gasteiger partial charge in [0, 0.05) is 24.4 Å². The summed E-state index contributed by atoms with van der Waals surface area (Å²) in [5.74, 6) is 0.449. The van der Waals surface area contributed by atoms with E-state index in [1.807, 2.05) is 60.7 Å². The highest BCUT2D eigenvalue weighted by Gasteiger charge is 2.05. The molecule has 1 heterocycles. The lowest BCUT2D eigenvalue weighted by atomic mass is 10.2. The number of hydrogen-bond acceptors (Lipinski definition) is 3. The van der Waals surface area contributed by atoms with Crippen molar-refractivity contribution in [1.29, 1.82) is 0 Å². The molecule has 0 unspecified atom stereocenters. The molecule has 0 bridgehead atoms. The summed E-state index contributed by atoms with van der Waals surface area (Å²) in [7, 11) is 0. The number of nitrogens with one attached hydrogen (secondary N) is 1. The van der Waals surface area contributed by atoms with Gasteiger partial charge in [0.15, 0.2) is 0 Å². The predicted octanol–water partition coefficient (Wildman–Crippen LogP) is 3.59. The van der Waals surface area contributed by atoms with E-state index >= 15 is 0 Å². The lowest BCUT2D eigenvalue weighted by Crippen LogP contribution is -2.22. The van der Waals surface area contributed by atoms with Crippen LogP contribution < -0.4 is 10.1 Å². The molecule has 1 aromatic heterocycles. The van der Waals surface area contributed by atoms with Crippen LogP contribution in [-0.4, -0.2) is 10.9 Å². The molecule has 4 nitrogen and oxygen atoms in total. The molecule has 0 spiro atoms. The zero-order valence-corrected chi connectivity index (χ0v) is 13.2. The molecule has 0 fully saturated rings. The Morgan fingerprint density at radius 3 is 2.38 bits per heavy atom. The molecular formula is C20H18N2O2. The van der Waals surface area contributed by atoms with Crippen LogP contribution in [0.15, 0.2) is 79.0 Å². The Balaban J connectivity index is 1.56. The Kier molecular flexibility index (Phi) is 5.20. The summed E-state index contributed by atoms with van der Waals surface area (Å²) in [5.41, 5.74) is 2.67. The van der Waals surface area contributed by atoms with Gasteiger partial charge >= 0.3 is 0 Å². The highest BCUT2D eigenvalue weighted by atomic mass is 16.5. The Hall–Kier alpha value is -3.14. The normalized spacial score (nSPS) is 10.2. The van der Waals surface area contributed by atoms with Crippen LogP contribution in [0, 0.1) is 0 Å². The molecule has 120 valence electrons. The smallest absolute Gasteiger partial charge is 0.251 e. The van der Waals surface area contributed by atoms with E-state index in [0.717, 1.165) is 11.1 Å². The van der Waals surface area contributed by atoms with E-state index in [0.29, 0.717) is 24.6 Å². The number of pyridine rings is 1. The van der Waals surface area contributed by atoms with Gasteiger partial charge in [0.25, 0.3) is 5.91 Å². The first kappa shape index (κ1) is 15.7. The van der Waals surface area contributed by atoms with Crippen molar-refractivity contribution >= 4 is 5.91 Å². The Labute approximate surface area is 141 Å². The molecule has 0 aliphatic rings. The fourth-order valence-corrected chi connectivity index (χ4v) is 2.24. The first-order valence-corrected chi connectivity index (χ1v) is 7.76. The number of benzene rings is 2. The summed E-state index contributed by atoms with van der Waals surface area (Å²) in [4.78, 5) is 16.3. The van der Waals surface area contributed by atoms with Gasteiger partial charge in [-0.3, -0.25) is 4.79 Å². The molecule has 2 aromatic carbocycles. The van der Waals surface area contributed by atoms with Crippen LogP contribution in [0.5, 0.6) is 5.88 Å². The van der Waals surface area contributed by atoms with E-state index in [-0.39, 0.29) is 5.91 Å². The van der Waals surface area contributed by atoms with Gasteiger partial charge < -0.3 is 10.1 Å². The summed E-state index contributed by atoms with van der Waals surface area (Å²) in [5, 5.41) is 2.89. The highest BCUT2D eigenvalue weighted by molar-refractivity contribution is 5.94. The first-order valence-electron chi connectivity index (χ1n) is 7.76. The van der Waals surface area contributed by atoms with Crippen molar-refractivity contribution in [2.75, 3.05) is 0 Å². The Morgan fingerprint density at radius 1 is 0.917 bits per heavy atom. The number of ether oxygens (including phenoxy) is 1. The van der Waals surface area contributed by atoms with Crippen molar-refractivity contribution in [3.8, 4) is 5.88 Å². The second kappa shape index (κ2) is 7.92. The zero-order valence-electron chi connectivity index (χ0n) is 13.2. The third-order valence-electron chi connectivity index (χ3n) is 3.52. The molecule has 0 atom stereocenters. The number of aromatic nitrogens is 1. The number of amides is 1. The number of carbonyl (C=O) groups is 1. The van der Waals surface area contributed by atoms with Crippen molar-refractivity contribution in [1.82, 2.24) is 10.3 Å². The van der Waals surface area contributed by atoms with Gasteiger partial charge in [-0.05, 0) is 29.3 Å². The minimum atomic E-state index is -0.0980. The van der Waals surface area contributed by atoms with Crippen molar-refractivity contribution in [2.24, 2.45) is 0 Å². The lowest BCUT2D eigenvalue weighted by molar-refractivity contribution is 0.0951. The number of hydrogen-bond donors (Lipinski definition) is 1. The average Bonchev–Trinajstić information content (AvgIpc) is 2.66. The van der Waals surface area contributed by atoms with Gasteiger partial charge in [-0.2, -0.15) is 0 Å². The maximum atomic E-state index is 12.1. The third-order valence-corrected chi connectivity index (χ3v) is 3.52. The largest absolute Gasteiger partial charge is 0.473 e. The fourth-order valence-electron chi connectivity index (χ4n) is 2.24. The molecule has 24 heavy (non-hydrogen) atoms. The van der Waals surface area contributed by atoms with Crippen molar-refractivity contribution < 1.29 is 9.53 Å². The van der Waals surface area contributed by atoms with Crippen LogP contribution in [0.2, 0.25) is 0 Å². The number of carbonyl (C=O) groups excluding carboxylic acids is 1.